The van der Waals surface area contributed by atoms with Crippen molar-refractivity contribution in [2.75, 3.05) is 0 Å². The van der Waals surface area contributed by atoms with Gasteiger partial charge in [0.15, 0.2) is 11.5 Å². The van der Waals surface area contributed by atoms with E-state index in [9.17, 15) is 8.78 Å². The predicted octanol–water partition coefficient (Wildman–Crippen LogP) is 3.17. The Labute approximate surface area is 100 Å². The number of benzene rings is 1. The van der Waals surface area contributed by atoms with Crippen molar-refractivity contribution in [2.24, 2.45) is 0 Å². The fourth-order valence-electron chi connectivity index (χ4n) is 1.55. The lowest BCUT2D eigenvalue weighted by molar-refractivity contribution is -0.286. The van der Waals surface area contributed by atoms with Crippen LogP contribution in [0.2, 0.25) is 0 Å². The van der Waals surface area contributed by atoms with Crippen molar-refractivity contribution in [3.05, 3.63) is 42.1 Å². The molecule has 18 heavy (non-hydrogen) atoms. The summed E-state index contributed by atoms with van der Waals surface area (Å²) in [5, 5.41) is 0. The molecule has 0 atom stereocenters. The number of nitrogens with zero attached hydrogens (tertiary/aromatic N) is 1. The minimum absolute atomic E-state index is 0.00885. The molecule has 0 amide bonds. The van der Waals surface area contributed by atoms with E-state index in [2.05, 4.69) is 14.5 Å². The number of oxazole rings is 1. The molecule has 6 heteroatoms. The van der Waals surface area contributed by atoms with Crippen LogP contribution in [0.4, 0.5) is 8.78 Å². The molecule has 0 aliphatic carbocycles. The molecule has 0 unspecified atom stereocenters. The van der Waals surface area contributed by atoms with Gasteiger partial charge in [0.2, 0.25) is 5.89 Å². The van der Waals surface area contributed by atoms with Crippen molar-refractivity contribution >= 4 is 12.2 Å². The molecule has 2 aromatic rings. The van der Waals surface area contributed by atoms with Gasteiger partial charge in [0.1, 0.15) is 6.26 Å². The third kappa shape index (κ3) is 2.04. The van der Waals surface area contributed by atoms with Gasteiger partial charge in [-0.15, -0.1) is 8.78 Å². The predicted molar refractivity (Wildman–Crippen MR) is 58.1 cm³/mol. The molecule has 2 heterocycles. The summed E-state index contributed by atoms with van der Waals surface area (Å²) in [7, 11) is 0. The standard InChI is InChI=1S/C12H7F2NO3/c13-12(14)17-9-3-1-8(7-10(9)18-12)2-4-11-15-5-6-16-11/h1-7H/b4-2+. The van der Waals surface area contributed by atoms with Gasteiger partial charge in [-0.05, 0) is 23.8 Å². The topological polar surface area (TPSA) is 44.5 Å². The smallest absolute Gasteiger partial charge is 0.445 e. The van der Waals surface area contributed by atoms with Crippen LogP contribution >= 0.6 is 0 Å². The highest BCUT2D eigenvalue weighted by atomic mass is 19.3. The summed E-state index contributed by atoms with van der Waals surface area (Å²) in [5.74, 6) is 0.459. The first kappa shape index (κ1) is 10.8. The fourth-order valence-corrected chi connectivity index (χ4v) is 1.55. The highest BCUT2D eigenvalue weighted by Gasteiger charge is 2.43. The van der Waals surface area contributed by atoms with Crippen LogP contribution in [0, 0.1) is 0 Å². The molecule has 0 saturated carbocycles. The third-order valence-electron chi connectivity index (χ3n) is 2.30. The van der Waals surface area contributed by atoms with Crippen LogP contribution in [0.1, 0.15) is 11.5 Å². The number of hydrogen-bond donors (Lipinski definition) is 0. The minimum atomic E-state index is -3.59. The summed E-state index contributed by atoms with van der Waals surface area (Å²) < 4.78 is 39.2. The Hall–Kier alpha value is -2.37. The van der Waals surface area contributed by atoms with Crippen LogP contribution < -0.4 is 9.47 Å². The van der Waals surface area contributed by atoms with Crippen LogP contribution in [-0.4, -0.2) is 11.3 Å². The number of fused-ring (bicyclic) bond motifs is 1. The molecule has 0 fully saturated rings. The summed E-state index contributed by atoms with van der Waals surface area (Å²) in [4.78, 5) is 3.90. The summed E-state index contributed by atoms with van der Waals surface area (Å²) in [6.07, 6.45) is 2.66. The summed E-state index contributed by atoms with van der Waals surface area (Å²) >= 11 is 0. The monoisotopic (exact) mass is 251 g/mol. The molecule has 0 radical (unpaired) electrons. The van der Waals surface area contributed by atoms with Gasteiger partial charge < -0.3 is 13.9 Å². The van der Waals surface area contributed by atoms with Gasteiger partial charge in [-0.25, -0.2) is 4.98 Å². The van der Waals surface area contributed by atoms with E-state index in [1.165, 1.54) is 24.6 Å². The van der Waals surface area contributed by atoms with Crippen LogP contribution in [0.3, 0.4) is 0 Å². The lowest BCUT2D eigenvalue weighted by atomic mass is 10.2. The molecule has 1 aromatic heterocycles. The van der Waals surface area contributed by atoms with E-state index in [1.54, 1.807) is 18.2 Å². The molecule has 4 nitrogen and oxygen atoms in total. The molecule has 92 valence electrons. The second-order valence-corrected chi connectivity index (χ2v) is 3.58. The quantitative estimate of drug-likeness (QED) is 0.822. The van der Waals surface area contributed by atoms with Crippen molar-refractivity contribution in [3.8, 4) is 11.5 Å². The molecule has 1 aliphatic rings. The number of aromatic nitrogens is 1. The van der Waals surface area contributed by atoms with Crippen LogP contribution in [-0.2, 0) is 0 Å². The van der Waals surface area contributed by atoms with Gasteiger partial charge in [-0.2, -0.15) is 0 Å². The molecule has 0 spiro atoms. The highest BCUT2D eigenvalue weighted by molar-refractivity contribution is 5.68. The molecule has 1 aromatic carbocycles. The average Bonchev–Trinajstić information content (AvgIpc) is 2.90. The van der Waals surface area contributed by atoms with Crippen molar-refractivity contribution < 1.29 is 22.7 Å². The molecular weight excluding hydrogens is 244 g/mol. The number of halogens is 2. The second kappa shape index (κ2) is 3.83. The van der Waals surface area contributed by atoms with Gasteiger partial charge >= 0.3 is 6.29 Å². The van der Waals surface area contributed by atoms with Gasteiger partial charge in [0, 0.05) is 6.08 Å². The van der Waals surface area contributed by atoms with E-state index >= 15 is 0 Å². The molecular formula is C12H7F2NO3. The van der Waals surface area contributed by atoms with Gasteiger partial charge in [0.05, 0.1) is 6.20 Å². The zero-order valence-electron chi connectivity index (χ0n) is 8.97. The fraction of sp³-hybridized carbons (Fsp3) is 0.0833. The van der Waals surface area contributed by atoms with E-state index in [0.29, 0.717) is 11.5 Å². The SMILES string of the molecule is FC1(F)Oc2ccc(/C=C/c3ncco3)cc2O1. The van der Waals surface area contributed by atoms with Crippen molar-refractivity contribution in [1.29, 1.82) is 0 Å². The summed E-state index contributed by atoms with van der Waals surface area (Å²) in [5.41, 5.74) is 0.674. The Balaban J connectivity index is 1.84. The van der Waals surface area contributed by atoms with Crippen LogP contribution in [0.15, 0.2) is 35.1 Å². The number of rotatable bonds is 2. The first-order valence-corrected chi connectivity index (χ1v) is 5.10. The lowest BCUT2D eigenvalue weighted by Gasteiger charge is -2.04. The van der Waals surface area contributed by atoms with E-state index in [0.717, 1.165) is 0 Å². The van der Waals surface area contributed by atoms with Gasteiger partial charge in [-0.1, -0.05) is 6.07 Å². The van der Waals surface area contributed by atoms with Crippen LogP contribution in [0.5, 0.6) is 11.5 Å². The van der Waals surface area contributed by atoms with E-state index in [4.69, 9.17) is 4.42 Å². The number of alkyl halides is 2. The Morgan fingerprint density at radius 1 is 1.11 bits per heavy atom. The molecule has 3 rings (SSSR count). The maximum absolute atomic E-state index is 12.8. The zero-order chi connectivity index (χ0) is 12.6. The normalized spacial score (nSPS) is 16.3. The zero-order valence-corrected chi connectivity index (χ0v) is 8.97. The maximum Gasteiger partial charge on any atom is 0.586 e. The molecule has 0 N–H and O–H groups in total. The van der Waals surface area contributed by atoms with Crippen LogP contribution in [0.25, 0.3) is 12.2 Å². The molecule has 1 aliphatic heterocycles. The van der Waals surface area contributed by atoms with Crippen molar-refractivity contribution in [3.63, 3.8) is 0 Å². The Kier molecular flexibility index (Phi) is 2.29. The Bertz CT molecular complexity index is 593. The molecule has 0 saturated heterocycles. The van der Waals surface area contributed by atoms with E-state index in [-0.39, 0.29) is 11.5 Å². The molecule has 0 bridgehead atoms. The maximum atomic E-state index is 12.8. The average molecular weight is 251 g/mol. The van der Waals surface area contributed by atoms with Gasteiger partial charge in [-0.3, -0.25) is 0 Å². The Morgan fingerprint density at radius 3 is 2.72 bits per heavy atom. The number of ether oxygens (including phenoxy) is 2. The number of hydrogen-bond acceptors (Lipinski definition) is 4. The highest BCUT2D eigenvalue weighted by Crippen LogP contribution is 2.41. The lowest BCUT2D eigenvalue weighted by Crippen LogP contribution is -2.25. The largest absolute Gasteiger partial charge is 0.586 e. The van der Waals surface area contributed by atoms with Crippen molar-refractivity contribution in [2.45, 2.75) is 6.29 Å². The minimum Gasteiger partial charge on any atom is -0.445 e. The second-order valence-electron chi connectivity index (χ2n) is 3.58. The summed E-state index contributed by atoms with van der Waals surface area (Å²) in [6, 6.07) is 4.50. The first-order chi connectivity index (χ1) is 8.62. The third-order valence-corrected chi connectivity index (χ3v) is 2.30. The van der Waals surface area contributed by atoms with Crippen molar-refractivity contribution in [1.82, 2.24) is 4.98 Å². The Morgan fingerprint density at radius 2 is 1.94 bits per heavy atom. The summed E-state index contributed by atoms with van der Waals surface area (Å²) in [6.45, 7) is 0. The van der Waals surface area contributed by atoms with E-state index < -0.39 is 6.29 Å². The van der Waals surface area contributed by atoms with Gasteiger partial charge in [0.25, 0.3) is 0 Å². The first-order valence-electron chi connectivity index (χ1n) is 5.10. The van der Waals surface area contributed by atoms with E-state index in [1.807, 2.05) is 0 Å².